The van der Waals surface area contributed by atoms with Gasteiger partial charge in [0.15, 0.2) is 0 Å². The van der Waals surface area contributed by atoms with Crippen LogP contribution in [0.4, 0.5) is 0 Å². The molecule has 0 aliphatic rings. The molecule has 1 aromatic rings. The van der Waals surface area contributed by atoms with Gasteiger partial charge in [0, 0.05) is 12.1 Å². The van der Waals surface area contributed by atoms with Gasteiger partial charge in [0.25, 0.3) is 0 Å². The molecule has 0 saturated carbocycles. The van der Waals surface area contributed by atoms with E-state index in [9.17, 15) is 4.79 Å². The molecule has 3 heteroatoms. The number of aliphatic hydroxyl groups is 1. The predicted molar refractivity (Wildman–Crippen MR) is 78.9 cm³/mol. The molecule has 3 nitrogen and oxygen atoms in total. The molecule has 0 aromatic heterocycles. The molecule has 1 atom stereocenters. The summed E-state index contributed by atoms with van der Waals surface area (Å²) in [6, 6.07) is 7.93. The van der Waals surface area contributed by atoms with E-state index in [0.29, 0.717) is 0 Å². The van der Waals surface area contributed by atoms with Crippen molar-refractivity contribution in [3.63, 3.8) is 0 Å². The van der Waals surface area contributed by atoms with E-state index in [1.54, 1.807) is 13.0 Å². The van der Waals surface area contributed by atoms with Crippen LogP contribution in [0.15, 0.2) is 30.3 Å². The van der Waals surface area contributed by atoms with E-state index in [1.165, 1.54) is 11.6 Å². The lowest BCUT2D eigenvalue weighted by atomic mass is 9.87. The lowest BCUT2D eigenvalue weighted by molar-refractivity contribution is -0.117. The van der Waals surface area contributed by atoms with E-state index in [-0.39, 0.29) is 24.0 Å². The van der Waals surface area contributed by atoms with Crippen molar-refractivity contribution in [2.75, 3.05) is 6.61 Å². The first-order valence-electron chi connectivity index (χ1n) is 6.53. The van der Waals surface area contributed by atoms with Crippen LogP contribution >= 0.6 is 0 Å². The summed E-state index contributed by atoms with van der Waals surface area (Å²) in [6.07, 6.45) is 3.25. The zero-order valence-corrected chi connectivity index (χ0v) is 12.1. The predicted octanol–water partition coefficient (Wildman–Crippen LogP) is 2.49. The summed E-state index contributed by atoms with van der Waals surface area (Å²) in [7, 11) is 0. The number of rotatable bonds is 4. The van der Waals surface area contributed by atoms with Gasteiger partial charge in [-0.25, -0.2) is 0 Å². The number of carbonyl (C=O) groups excluding carboxylic acids is 1. The number of amides is 1. The molecule has 1 unspecified atom stereocenters. The first kappa shape index (κ1) is 15.4. The second-order valence-electron chi connectivity index (χ2n) is 5.80. The van der Waals surface area contributed by atoms with Crippen molar-refractivity contribution in [1.29, 1.82) is 0 Å². The standard InChI is InChI=1S/C16H23NO2/c1-12(11-18)17-15(19)10-7-13-5-8-14(9-6-13)16(2,3)4/h5-10,12,18H,11H2,1-4H3,(H,17,19)/b10-7+. The molecule has 2 N–H and O–H groups in total. The van der Waals surface area contributed by atoms with Crippen LogP contribution in [-0.4, -0.2) is 23.7 Å². The van der Waals surface area contributed by atoms with Gasteiger partial charge in [0.2, 0.25) is 5.91 Å². The molecule has 1 amide bonds. The van der Waals surface area contributed by atoms with E-state index in [0.717, 1.165) is 5.56 Å². The van der Waals surface area contributed by atoms with E-state index < -0.39 is 0 Å². The molecule has 0 aliphatic heterocycles. The van der Waals surface area contributed by atoms with Crippen molar-refractivity contribution in [3.05, 3.63) is 41.5 Å². The first-order chi connectivity index (χ1) is 8.82. The maximum absolute atomic E-state index is 11.5. The van der Waals surface area contributed by atoms with E-state index in [1.807, 2.05) is 12.1 Å². The zero-order chi connectivity index (χ0) is 14.5. The largest absolute Gasteiger partial charge is 0.394 e. The summed E-state index contributed by atoms with van der Waals surface area (Å²) >= 11 is 0. The van der Waals surface area contributed by atoms with Gasteiger partial charge in [0.1, 0.15) is 0 Å². The Morgan fingerprint density at radius 1 is 1.32 bits per heavy atom. The van der Waals surface area contributed by atoms with E-state index >= 15 is 0 Å². The monoisotopic (exact) mass is 261 g/mol. The van der Waals surface area contributed by atoms with Gasteiger partial charge in [-0.2, -0.15) is 0 Å². The van der Waals surface area contributed by atoms with Crippen molar-refractivity contribution in [2.24, 2.45) is 0 Å². The minimum Gasteiger partial charge on any atom is -0.394 e. The summed E-state index contributed by atoms with van der Waals surface area (Å²) in [4.78, 5) is 11.5. The number of carbonyl (C=O) groups is 1. The van der Waals surface area contributed by atoms with Gasteiger partial charge in [-0.15, -0.1) is 0 Å². The third kappa shape index (κ3) is 5.26. The molecule has 0 heterocycles. The minimum atomic E-state index is -0.222. The highest BCUT2D eigenvalue weighted by atomic mass is 16.3. The van der Waals surface area contributed by atoms with Crippen LogP contribution in [0.5, 0.6) is 0 Å². The van der Waals surface area contributed by atoms with Crippen LogP contribution < -0.4 is 5.32 Å². The number of aliphatic hydroxyl groups excluding tert-OH is 1. The Labute approximate surface area is 115 Å². The highest BCUT2D eigenvalue weighted by Gasteiger charge is 2.12. The van der Waals surface area contributed by atoms with Crippen LogP contribution in [0, 0.1) is 0 Å². The lowest BCUT2D eigenvalue weighted by Crippen LogP contribution is -2.33. The van der Waals surface area contributed by atoms with Crippen LogP contribution in [-0.2, 0) is 10.2 Å². The summed E-state index contributed by atoms with van der Waals surface area (Å²) in [6.45, 7) is 8.20. The summed E-state index contributed by atoms with van der Waals surface area (Å²) in [5, 5.41) is 11.5. The Morgan fingerprint density at radius 3 is 2.37 bits per heavy atom. The Kier molecular flexibility index (Phi) is 5.31. The normalized spacial score (nSPS) is 13.5. The van der Waals surface area contributed by atoms with Crippen molar-refractivity contribution in [1.82, 2.24) is 5.32 Å². The zero-order valence-electron chi connectivity index (χ0n) is 12.1. The Morgan fingerprint density at radius 2 is 1.89 bits per heavy atom. The molecule has 19 heavy (non-hydrogen) atoms. The summed E-state index contributed by atoms with van der Waals surface area (Å²) in [5.41, 5.74) is 2.39. The second kappa shape index (κ2) is 6.53. The molecule has 0 saturated heterocycles. The van der Waals surface area contributed by atoms with Crippen LogP contribution in [0.1, 0.15) is 38.8 Å². The van der Waals surface area contributed by atoms with Crippen molar-refractivity contribution >= 4 is 12.0 Å². The van der Waals surface area contributed by atoms with Crippen molar-refractivity contribution in [2.45, 2.75) is 39.2 Å². The maximum atomic E-state index is 11.5. The fraction of sp³-hybridized carbons (Fsp3) is 0.438. The number of nitrogens with one attached hydrogen (secondary N) is 1. The topological polar surface area (TPSA) is 49.3 Å². The average Bonchev–Trinajstić information content (AvgIpc) is 2.35. The van der Waals surface area contributed by atoms with Crippen molar-refractivity contribution < 1.29 is 9.90 Å². The number of hydrogen-bond acceptors (Lipinski definition) is 2. The minimum absolute atomic E-state index is 0.0557. The van der Waals surface area contributed by atoms with Gasteiger partial charge < -0.3 is 10.4 Å². The smallest absolute Gasteiger partial charge is 0.244 e. The Hall–Kier alpha value is -1.61. The van der Waals surface area contributed by atoms with Gasteiger partial charge >= 0.3 is 0 Å². The third-order valence-corrected chi connectivity index (χ3v) is 2.87. The molecule has 0 aliphatic carbocycles. The molecule has 104 valence electrons. The Bertz CT molecular complexity index is 441. The van der Waals surface area contributed by atoms with Gasteiger partial charge in [-0.1, -0.05) is 45.0 Å². The summed E-state index contributed by atoms with van der Waals surface area (Å²) < 4.78 is 0. The van der Waals surface area contributed by atoms with Gasteiger partial charge in [-0.05, 0) is 29.5 Å². The van der Waals surface area contributed by atoms with Crippen molar-refractivity contribution in [3.8, 4) is 0 Å². The van der Waals surface area contributed by atoms with E-state index in [2.05, 4.69) is 38.2 Å². The second-order valence-corrected chi connectivity index (χ2v) is 5.80. The highest BCUT2D eigenvalue weighted by molar-refractivity contribution is 5.91. The van der Waals surface area contributed by atoms with E-state index in [4.69, 9.17) is 5.11 Å². The third-order valence-electron chi connectivity index (χ3n) is 2.87. The summed E-state index contributed by atoms with van der Waals surface area (Å²) in [5.74, 6) is -0.193. The van der Waals surface area contributed by atoms with Crippen LogP contribution in [0.3, 0.4) is 0 Å². The molecular formula is C16H23NO2. The lowest BCUT2D eigenvalue weighted by Gasteiger charge is -2.18. The Balaban J connectivity index is 2.65. The molecule has 1 rings (SSSR count). The van der Waals surface area contributed by atoms with Crippen LogP contribution in [0.25, 0.3) is 6.08 Å². The average molecular weight is 261 g/mol. The number of benzene rings is 1. The van der Waals surface area contributed by atoms with Crippen LogP contribution in [0.2, 0.25) is 0 Å². The fourth-order valence-corrected chi connectivity index (χ4v) is 1.60. The SMILES string of the molecule is CC(CO)NC(=O)/C=C/c1ccc(C(C)(C)C)cc1. The first-order valence-corrected chi connectivity index (χ1v) is 6.53. The molecule has 0 spiro atoms. The number of hydrogen-bond donors (Lipinski definition) is 2. The maximum Gasteiger partial charge on any atom is 0.244 e. The quantitative estimate of drug-likeness (QED) is 0.818. The molecular weight excluding hydrogens is 238 g/mol. The van der Waals surface area contributed by atoms with Gasteiger partial charge in [0.05, 0.1) is 6.61 Å². The molecule has 0 bridgehead atoms. The fourth-order valence-electron chi connectivity index (χ4n) is 1.60. The molecule has 1 aromatic carbocycles. The molecule has 0 fully saturated rings. The van der Waals surface area contributed by atoms with Gasteiger partial charge in [-0.3, -0.25) is 4.79 Å². The highest BCUT2D eigenvalue weighted by Crippen LogP contribution is 2.22. The molecule has 0 radical (unpaired) electrons.